The number of ether oxygens (including phenoxy) is 1. The summed E-state index contributed by atoms with van der Waals surface area (Å²) in [5, 5.41) is 11.5. The third-order valence-corrected chi connectivity index (χ3v) is 6.93. The Morgan fingerprint density at radius 2 is 1.88 bits per heavy atom. The van der Waals surface area contributed by atoms with E-state index in [0.717, 1.165) is 24.6 Å². The summed E-state index contributed by atoms with van der Waals surface area (Å²) in [4.78, 5) is 24.2. The summed E-state index contributed by atoms with van der Waals surface area (Å²) >= 11 is 0. The van der Waals surface area contributed by atoms with Crippen molar-refractivity contribution in [1.82, 2.24) is 4.31 Å². The van der Waals surface area contributed by atoms with Crippen LogP contribution < -0.4 is 5.32 Å². The second-order valence-electron chi connectivity index (χ2n) is 7.34. The van der Waals surface area contributed by atoms with Gasteiger partial charge >= 0.3 is 5.97 Å². The predicted molar refractivity (Wildman–Crippen MR) is 114 cm³/mol. The third-order valence-electron chi connectivity index (χ3n) is 5.01. The van der Waals surface area contributed by atoms with E-state index < -0.39 is 38.7 Å². The zero-order valence-electron chi connectivity index (χ0n) is 17.4. The summed E-state index contributed by atoms with van der Waals surface area (Å²) in [5.74, 6) is -2.57. The van der Waals surface area contributed by atoms with Gasteiger partial charge in [-0.15, -0.1) is 0 Å². The minimum atomic E-state index is -4.10. The molecule has 0 aliphatic carbocycles. The van der Waals surface area contributed by atoms with Crippen LogP contribution in [0.4, 0.5) is 10.1 Å². The van der Waals surface area contributed by atoms with Crippen molar-refractivity contribution in [3.05, 3.63) is 59.4 Å². The molecular weight excluding hydrogens is 437 g/mol. The zero-order chi connectivity index (χ0) is 23.3. The molecule has 1 saturated heterocycles. The Hall–Kier alpha value is -3.29. The molecule has 3 rings (SSSR count). The van der Waals surface area contributed by atoms with E-state index >= 15 is 0 Å². The van der Waals surface area contributed by atoms with E-state index in [0.29, 0.717) is 37.2 Å². The average molecular weight is 459 g/mol. The van der Waals surface area contributed by atoms with E-state index in [-0.39, 0.29) is 5.56 Å². The summed E-state index contributed by atoms with van der Waals surface area (Å²) in [7, 11) is -4.10. The monoisotopic (exact) mass is 459 g/mol. The quantitative estimate of drug-likeness (QED) is 0.664. The maximum Gasteiger partial charge on any atom is 0.338 e. The van der Waals surface area contributed by atoms with Crippen molar-refractivity contribution in [1.29, 1.82) is 5.26 Å². The Labute approximate surface area is 185 Å². The van der Waals surface area contributed by atoms with Crippen molar-refractivity contribution >= 4 is 27.6 Å². The van der Waals surface area contributed by atoms with E-state index in [9.17, 15) is 22.4 Å². The molecule has 1 fully saturated rings. The number of rotatable bonds is 6. The average Bonchev–Trinajstić information content (AvgIpc) is 2.79. The summed E-state index contributed by atoms with van der Waals surface area (Å²) < 4.78 is 46.3. The van der Waals surface area contributed by atoms with Crippen LogP contribution in [0.25, 0.3) is 0 Å². The van der Waals surface area contributed by atoms with E-state index in [4.69, 9.17) is 10.00 Å². The van der Waals surface area contributed by atoms with Crippen LogP contribution in [-0.4, -0.2) is 43.8 Å². The highest BCUT2D eigenvalue weighted by Gasteiger charge is 2.30. The second kappa shape index (κ2) is 9.89. The highest BCUT2D eigenvalue weighted by molar-refractivity contribution is 7.89. The number of hydrogen-bond acceptors (Lipinski definition) is 6. The lowest BCUT2D eigenvalue weighted by atomic mass is 10.2. The molecule has 2 aromatic rings. The van der Waals surface area contributed by atoms with Gasteiger partial charge < -0.3 is 10.1 Å². The van der Waals surface area contributed by atoms with Crippen LogP contribution in [0.15, 0.2) is 47.4 Å². The van der Waals surface area contributed by atoms with Crippen LogP contribution >= 0.6 is 0 Å². The molecule has 1 amide bonds. The number of amides is 1. The molecule has 32 heavy (non-hydrogen) atoms. The number of carbonyl (C=O) groups is 2. The summed E-state index contributed by atoms with van der Waals surface area (Å²) in [5.41, 5.74) is 0.517. The highest BCUT2D eigenvalue weighted by Crippen LogP contribution is 2.24. The van der Waals surface area contributed by atoms with Gasteiger partial charge in [-0.05, 0) is 56.2 Å². The van der Waals surface area contributed by atoms with E-state index in [1.165, 1.54) is 17.3 Å². The van der Waals surface area contributed by atoms with E-state index in [1.807, 2.05) is 6.07 Å². The number of hydrogen-bond donors (Lipinski definition) is 1. The summed E-state index contributed by atoms with van der Waals surface area (Å²) in [6.07, 6.45) is 1.06. The van der Waals surface area contributed by atoms with Gasteiger partial charge in [0, 0.05) is 18.8 Å². The molecule has 1 atom stereocenters. The lowest BCUT2D eigenvalue weighted by Crippen LogP contribution is -2.36. The lowest BCUT2D eigenvalue weighted by molar-refractivity contribution is -0.123. The van der Waals surface area contributed by atoms with Gasteiger partial charge in [-0.3, -0.25) is 4.79 Å². The van der Waals surface area contributed by atoms with Crippen molar-refractivity contribution < 1.29 is 27.1 Å². The van der Waals surface area contributed by atoms with Gasteiger partial charge in [0.2, 0.25) is 10.0 Å². The number of nitrogens with one attached hydrogen (secondary N) is 1. The minimum absolute atomic E-state index is 0.187. The Bertz CT molecular complexity index is 1170. The van der Waals surface area contributed by atoms with Crippen LogP contribution in [0.5, 0.6) is 0 Å². The van der Waals surface area contributed by atoms with Gasteiger partial charge in [0.1, 0.15) is 10.7 Å². The van der Waals surface area contributed by atoms with Gasteiger partial charge in [-0.25, -0.2) is 17.6 Å². The fourth-order valence-corrected chi connectivity index (χ4v) is 4.87. The van der Waals surface area contributed by atoms with Gasteiger partial charge in [0.25, 0.3) is 5.91 Å². The second-order valence-corrected chi connectivity index (χ2v) is 9.25. The number of nitrogens with zero attached hydrogens (tertiary/aromatic N) is 2. The lowest BCUT2D eigenvalue weighted by Gasteiger charge is -2.26. The molecule has 168 valence electrons. The molecule has 0 bridgehead atoms. The minimum Gasteiger partial charge on any atom is -0.449 e. The molecule has 0 radical (unpaired) electrons. The maximum atomic E-state index is 14.3. The first-order valence-electron chi connectivity index (χ1n) is 10.0. The number of benzene rings is 2. The molecule has 0 spiro atoms. The molecular formula is C22H22FN3O5S. The van der Waals surface area contributed by atoms with Crippen LogP contribution in [0.2, 0.25) is 0 Å². The first-order valence-corrected chi connectivity index (χ1v) is 11.5. The topological polar surface area (TPSA) is 117 Å². The van der Waals surface area contributed by atoms with E-state index in [2.05, 4.69) is 5.32 Å². The van der Waals surface area contributed by atoms with Gasteiger partial charge in [0.05, 0.1) is 17.2 Å². The third kappa shape index (κ3) is 5.30. The van der Waals surface area contributed by atoms with Crippen molar-refractivity contribution in [3.8, 4) is 6.07 Å². The fourth-order valence-electron chi connectivity index (χ4n) is 3.26. The normalized spacial score (nSPS) is 15.4. The van der Waals surface area contributed by atoms with Crippen molar-refractivity contribution in [3.63, 3.8) is 0 Å². The number of anilines is 1. The SMILES string of the molecule is C[C@H](OC(=O)c1ccc(F)c(S(=O)(=O)N2CCCCC2)c1)C(=O)Nc1cccc(C#N)c1. The molecule has 10 heteroatoms. The van der Waals surface area contributed by atoms with Gasteiger partial charge in [0.15, 0.2) is 6.10 Å². The number of esters is 1. The van der Waals surface area contributed by atoms with Crippen LogP contribution in [-0.2, 0) is 19.6 Å². The number of sulfonamides is 1. The first kappa shape index (κ1) is 23.4. The highest BCUT2D eigenvalue weighted by atomic mass is 32.2. The van der Waals surface area contributed by atoms with Crippen LogP contribution in [0.1, 0.15) is 42.1 Å². The molecule has 0 saturated carbocycles. The van der Waals surface area contributed by atoms with Crippen LogP contribution in [0.3, 0.4) is 0 Å². The van der Waals surface area contributed by atoms with E-state index in [1.54, 1.807) is 18.2 Å². The van der Waals surface area contributed by atoms with Gasteiger partial charge in [-0.1, -0.05) is 12.5 Å². The number of piperidine rings is 1. The Morgan fingerprint density at radius 1 is 1.16 bits per heavy atom. The maximum absolute atomic E-state index is 14.3. The zero-order valence-corrected chi connectivity index (χ0v) is 18.2. The first-order chi connectivity index (χ1) is 15.2. The van der Waals surface area contributed by atoms with Crippen LogP contribution in [0, 0.1) is 17.1 Å². The molecule has 1 aliphatic heterocycles. The van der Waals surface area contributed by atoms with Crippen molar-refractivity contribution in [2.24, 2.45) is 0 Å². The Morgan fingerprint density at radius 3 is 2.56 bits per heavy atom. The number of carbonyl (C=O) groups excluding carboxylic acids is 2. The molecule has 0 unspecified atom stereocenters. The number of nitriles is 1. The van der Waals surface area contributed by atoms with Crippen molar-refractivity contribution in [2.75, 3.05) is 18.4 Å². The van der Waals surface area contributed by atoms with Gasteiger partial charge in [-0.2, -0.15) is 9.57 Å². The summed E-state index contributed by atoms with van der Waals surface area (Å²) in [6, 6.07) is 11.1. The molecule has 1 N–H and O–H groups in total. The molecule has 8 nitrogen and oxygen atoms in total. The molecule has 1 heterocycles. The molecule has 0 aromatic heterocycles. The largest absolute Gasteiger partial charge is 0.449 e. The standard InChI is InChI=1S/C22H22FN3O5S/c1-15(21(27)25-18-7-5-6-16(12-18)14-24)31-22(28)17-8-9-19(23)20(13-17)32(29,30)26-10-3-2-4-11-26/h5-9,12-13,15H,2-4,10-11H2,1H3,(H,25,27)/t15-/m0/s1. The fraction of sp³-hybridized carbons (Fsp3) is 0.318. The Balaban J connectivity index is 1.72. The van der Waals surface area contributed by atoms with Crippen molar-refractivity contribution in [2.45, 2.75) is 37.2 Å². The molecule has 2 aromatic carbocycles. The Kier molecular flexibility index (Phi) is 7.22. The summed E-state index contributed by atoms with van der Waals surface area (Å²) in [6.45, 7) is 1.93. The molecule has 1 aliphatic rings. The number of halogens is 1. The smallest absolute Gasteiger partial charge is 0.338 e. The predicted octanol–water partition coefficient (Wildman–Crippen LogP) is 3.06.